The number of nitrogens with two attached hydrogens (primary N) is 1. The van der Waals surface area contributed by atoms with E-state index in [1.54, 1.807) is 10.6 Å². The highest BCUT2D eigenvalue weighted by Crippen LogP contribution is 2.29. The molecule has 3 rings (SSSR count). The van der Waals surface area contributed by atoms with Gasteiger partial charge in [-0.1, -0.05) is 31.9 Å². The molecule has 0 atom stereocenters. The lowest BCUT2D eigenvalue weighted by Gasteiger charge is -2.09. The van der Waals surface area contributed by atoms with E-state index >= 15 is 0 Å². The van der Waals surface area contributed by atoms with Crippen LogP contribution in [0, 0.1) is 11.3 Å². The molecular formula is C14H8Br2N4. The Morgan fingerprint density at radius 1 is 1.10 bits per heavy atom. The number of nitrogens with zero attached hydrogens (tertiary/aromatic N) is 3. The maximum atomic E-state index is 9.28. The molecule has 0 unspecified atom stereocenters. The number of halogens is 2. The molecule has 6 heteroatoms. The number of rotatable bonds is 1. The maximum Gasteiger partial charge on any atom is 0.205 e. The standard InChI is InChI=1S/C14H8Br2N4/c15-9-2-1-8(7-17)12(5-9)20-13-6-10(16)3-4-11(13)19-14(20)18/h1-6H,(H2,18,19). The summed E-state index contributed by atoms with van der Waals surface area (Å²) in [6.45, 7) is 0. The molecule has 98 valence electrons. The summed E-state index contributed by atoms with van der Waals surface area (Å²) in [5.41, 5.74) is 8.91. The van der Waals surface area contributed by atoms with E-state index in [1.165, 1.54) is 0 Å². The Hall–Kier alpha value is -1.84. The van der Waals surface area contributed by atoms with Crippen LogP contribution in [0.3, 0.4) is 0 Å². The van der Waals surface area contributed by atoms with Crippen molar-refractivity contribution in [3.8, 4) is 11.8 Å². The van der Waals surface area contributed by atoms with E-state index in [4.69, 9.17) is 5.73 Å². The highest BCUT2D eigenvalue weighted by Gasteiger charge is 2.14. The average Bonchev–Trinajstić information content (AvgIpc) is 2.74. The minimum atomic E-state index is 0.354. The second-order valence-electron chi connectivity index (χ2n) is 4.21. The molecular weight excluding hydrogens is 384 g/mol. The van der Waals surface area contributed by atoms with E-state index in [2.05, 4.69) is 42.9 Å². The van der Waals surface area contributed by atoms with E-state index in [0.29, 0.717) is 17.2 Å². The lowest BCUT2D eigenvalue weighted by Crippen LogP contribution is -2.02. The van der Waals surface area contributed by atoms with Gasteiger partial charge in [-0.2, -0.15) is 5.26 Å². The van der Waals surface area contributed by atoms with Crippen LogP contribution in [0.15, 0.2) is 45.3 Å². The molecule has 0 bridgehead atoms. The molecule has 0 saturated carbocycles. The molecule has 2 N–H and O–H groups in total. The van der Waals surface area contributed by atoms with Crippen LogP contribution in [0.1, 0.15) is 5.56 Å². The van der Waals surface area contributed by atoms with E-state index in [1.807, 2.05) is 30.3 Å². The molecule has 2 aromatic carbocycles. The van der Waals surface area contributed by atoms with Crippen LogP contribution in [0.25, 0.3) is 16.7 Å². The highest BCUT2D eigenvalue weighted by atomic mass is 79.9. The van der Waals surface area contributed by atoms with Crippen molar-refractivity contribution in [2.75, 3.05) is 5.73 Å². The highest BCUT2D eigenvalue weighted by molar-refractivity contribution is 9.10. The number of hydrogen-bond acceptors (Lipinski definition) is 3. The number of fused-ring (bicyclic) bond motifs is 1. The van der Waals surface area contributed by atoms with Gasteiger partial charge in [-0.05, 0) is 36.4 Å². The molecule has 4 nitrogen and oxygen atoms in total. The minimum absolute atomic E-state index is 0.354. The second-order valence-corrected chi connectivity index (χ2v) is 6.04. The van der Waals surface area contributed by atoms with Crippen molar-refractivity contribution in [2.45, 2.75) is 0 Å². The van der Waals surface area contributed by atoms with Gasteiger partial charge in [-0.25, -0.2) is 4.98 Å². The number of anilines is 1. The first kappa shape index (κ1) is 13.2. The third-order valence-corrected chi connectivity index (χ3v) is 3.95. The first-order valence-electron chi connectivity index (χ1n) is 5.73. The van der Waals surface area contributed by atoms with Gasteiger partial charge in [-0.15, -0.1) is 0 Å². The number of aromatic nitrogens is 2. The van der Waals surface area contributed by atoms with E-state index in [9.17, 15) is 5.26 Å². The van der Waals surface area contributed by atoms with Crippen molar-refractivity contribution in [2.24, 2.45) is 0 Å². The van der Waals surface area contributed by atoms with Crippen molar-refractivity contribution in [3.05, 3.63) is 50.9 Å². The van der Waals surface area contributed by atoms with Gasteiger partial charge in [0.25, 0.3) is 0 Å². The predicted molar refractivity (Wildman–Crippen MR) is 85.6 cm³/mol. The summed E-state index contributed by atoms with van der Waals surface area (Å²) in [6.07, 6.45) is 0. The molecule has 0 aliphatic carbocycles. The summed E-state index contributed by atoms with van der Waals surface area (Å²) in [5.74, 6) is 0.354. The van der Waals surface area contributed by atoms with Crippen LogP contribution in [0.4, 0.5) is 5.95 Å². The second kappa shape index (κ2) is 4.93. The van der Waals surface area contributed by atoms with Gasteiger partial charge in [-0.3, -0.25) is 4.57 Å². The van der Waals surface area contributed by atoms with Crippen LogP contribution >= 0.6 is 31.9 Å². The monoisotopic (exact) mass is 390 g/mol. The fourth-order valence-electron chi connectivity index (χ4n) is 2.10. The minimum Gasteiger partial charge on any atom is -0.369 e. The van der Waals surface area contributed by atoms with Gasteiger partial charge in [0, 0.05) is 8.95 Å². The summed E-state index contributed by atoms with van der Waals surface area (Å²) >= 11 is 6.86. The molecule has 20 heavy (non-hydrogen) atoms. The van der Waals surface area contributed by atoms with E-state index in [0.717, 1.165) is 20.0 Å². The van der Waals surface area contributed by atoms with Crippen molar-refractivity contribution in [1.82, 2.24) is 9.55 Å². The maximum absolute atomic E-state index is 9.28. The van der Waals surface area contributed by atoms with Gasteiger partial charge >= 0.3 is 0 Å². The van der Waals surface area contributed by atoms with Crippen LogP contribution in [-0.2, 0) is 0 Å². The number of benzene rings is 2. The van der Waals surface area contributed by atoms with Gasteiger partial charge in [0.1, 0.15) is 6.07 Å². The fourth-order valence-corrected chi connectivity index (χ4v) is 2.80. The lowest BCUT2D eigenvalue weighted by atomic mass is 10.2. The van der Waals surface area contributed by atoms with E-state index < -0.39 is 0 Å². The normalized spacial score (nSPS) is 10.7. The summed E-state index contributed by atoms with van der Waals surface area (Å²) in [5, 5.41) is 9.28. The fraction of sp³-hybridized carbons (Fsp3) is 0. The third-order valence-electron chi connectivity index (χ3n) is 2.96. The van der Waals surface area contributed by atoms with Gasteiger partial charge in [0.05, 0.1) is 22.3 Å². The number of nitrogen functional groups attached to an aromatic ring is 1. The summed E-state index contributed by atoms with van der Waals surface area (Å²) < 4.78 is 3.59. The van der Waals surface area contributed by atoms with Gasteiger partial charge in [0.15, 0.2) is 0 Å². The molecule has 0 aliphatic heterocycles. The molecule has 1 heterocycles. The average molecular weight is 392 g/mol. The first-order chi connectivity index (χ1) is 9.60. The molecule has 0 spiro atoms. The summed E-state index contributed by atoms with van der Waals surface area (Å²) in [7, 11) is 0. The van der Waals surface area contributed by atoms with Crippen molar-refractivity contribution < 1.29 is 0 Å². The molecule has 0 aliphatic rings. The molecule has 1 aromatic heterocycles. The topological polar surface area (TPSA) is 67.6 Å². The predicted octanol–water partition coefficient (Wildman–Crippen LogP) is 4.00. The Bertz CT molecular complexity index is 861. The summed E-state index contributed by atoms with van der Waals surface area (Å²) in [6, 6.07) is 13.3. The molecule has 0 amide bonds. The van der Waals surface area contributed by atoms with Gasteiger partial charge in [0.2, 0.25) is 5.95 Å². The molecule has 3 aromatic rings. The lowest BCUT2D eigenvalue weighted by molar-refractivity contribution is 1.10. The Kier molecular flexibility index (Phi) is 3.24. The third kappa shape index (κ3) is 2.09. The Labute approximate surface area is 132 Å². The van der Waals surface area contributed by atoms with Crippen molar-refractivity contribution >= 4 is 48.8 Å². The smallest absolute Gasteiger partial charge is 0.205 e. The van der Waals surface area contributed by atoms with Crippen LogP contribution in [-0.4, -0.2) is 9.55 Å². The van der Waals surface area contributed by atoms with Crippen molar-refractivity contribution in [1.29, 1.82) is 5.26 Å². The first-order valence-corrected chi connectivity index (χ1v) is 7.32. The van der Waals surface area contributed by atoms with Crippen LogP contribution in [0.5, 0.6) is 0 Å². The number of hydrogen-bond donors (Lipinski definition) is 1. The number of imidazole rings is 1. The Morgan fingerprint density at radius 3 is 2.55 bits per heavy atom. The molecule has 0 fully saturated rings. The van der Waals surface area contributed by atoms with Crippen LogP contribution < -0.4 is 5.73 Å². The van der Waals surface area contributed by atoms with Crippen LogP contribution in [0.2, 0.25) is 0 Å². The van der Waals surface area contributed by atoms with E-state index in [-0.39, 0.29) is 0 Å². The molecule has 0 radical (unpaired) electrons. The SMILES string of the molecule is N#Cc1ccc(Br)cc1-n1c(N)nc2ccc(Br)cc21. The quantitative estimate of drug-likeness (QED) is 0.681. The molecule has 0 saturated heterocycles. The zero-order valence-electron chi connectivity index (χ0n) is 10.1. The zero-order chi connectivity index (χ0) is 14.3. The van der Waals surface area contributed by atoms with Gasteiger partial charge < -0.3 is 5.73 Å². The zero-order valence-corrected chi connectivity index (χ0v) is 13.3. The Balaban J connectivity index is 2.40. The number of nitriles is 1. The summed E-state index contributed by atoms with van der Waals surface area (Å²) in [4.78, 5) is 4.33. The Morgan fingerprint density at radius 2 is 1.80 bits per heavy atom. The van der Waals surface area contributed by atoms with Crippen molar-refractivity contribution in [3.63, 3.8) is 0 Å². The largest absolute Gasteiger partial charge is 0.369 e.